The average Bonchev–Trinajstić information content (AvgIpc) is 2.51. The van der Waals surface area contributed by atoms with Gasteiger partial charge in [0, 0.05) is 18.3 Å². The Morgan fingerprint density at radius 1 is 1.29 bits per heavy atom. The molecule has 0 saturated heterocycles. The van der Waals surface area contributed by atoms with Gasteiger partial charge in [-0.3, -0.25) is 4.79 Å². The molecular formula is C18H28N2O. The number of anilines is 1. The van der Waals surface area contributed by atoms with E-state index in [1.54, 1.807) is 0 Å². The number of likely N-dealkylation sites (N-methyl/N-ethyl adjacent to an activating group) is 1. The molecule has 1 aliphatic rings. The second-order valence-corrected chi connectivity index (χ2v) is 6.17. The molecule has 1 N–H and O–H groups in total. The summed E-state index contributed by atoms with van der Waals surface area (Å²) < 4.78 is 0. The summed E-state index contributed by atoms with van der Waals surface area (Å²) in [4.78, 5) is 14.6. The third kappa shape index (κ3) is 4.07. The molecule has 3 atom stereocenters. The normalized spacial score (nSPS) is 23.6. The van der Waals surface area contributed by atoms with Gasteiger partial charge in [0.05, 0.1) is 6.04 Å². The summed E-state index contributed by atoms with van der Waals surface area (Å²) >= 11 is 0. The maximum Gasteiger partial charge on any atom is 0.243 e. The lowest BCUT2D eigenvalue weighted by atomic mass is 9.85. The summed E-state index contributed by atoms with van der Waals surface area (Å²) in [5.74, 6) is 0.835. The van der Waals surface area contributed by atoms with Gasteiger partial charge in [-0.15, -0.1) is 0 Å². The first-order valence-corrected chi connectivity index (χ1v) is 8.26. The fourth-order valence-electron chi connectivity index (χ4n) is 3.26. The lowest BCUT2D eigenvalue weighted by Gasteiger charge is -2.33. The van der Waals surface area contributed by atoms with Crippen LogP contribution in [0.1, 0.15) is 46.5 Å². The van der Waals surface area contributed by atoms with E-state index in [9.17, 15) is 4.79 Å². The molecule has 0 spiro atoms. The number of carbonyl (C=O) groups excluding carboxylic acids is 1. The first-order valence-electron chi connectivity index (χ1n) is 8.26. The van der Waals surface area contributed by atoms with Gasteiger partial charge >= 0.3 is 0 Å². The highest BCUT2D eigenvalue weighted by atomic mass is 16.2. The van der Waals surface area contributed by atoms with Gasteiger partial charge < -0.3 is 10.2 Å². The van der Waals surface area contributed by atoms with Crippen molar-refractivity contribution < 1.29 is 4.79 Å². The van der Waals surface area contributed by atoms with Crippen LogP contribution in [0.3, 0.4) is 0 Å². The van der Waals surface area contributed by atoms with Crippen molar-refractivity contribution >= 4 is 11.6 Å². The molecule has 3 unspecified atom stereocenters. The van der Waals surface area contributed by atoms with Crippen molar-refractivity contribution in [2.24, 2.45) is 5.92 Å². The van der Waals surface area contributed by atoms with Gasteiger partial charge in [-0.1, -0.05) is 38.0 Å². The van der Waals surface area contributed by atoms with Crippen LogP contribution in [-0.4, -0.2) is 24.5 Å². The van der Waals surface area contributed by atoms with E-state index in [4.69, 9.17) is 0 Å². The molecule has 1 aromatic rings. The Bertz CT molecular complexity index is 446. The van der Waals surface area contributed by atoms with Crippen molar-refractivity contribution in [1.29, 1.82) is 0 Å². The summed E-state index contributed by atoms with van der Waals surface area (Å²) in [5.41, 5.74) is 0.982. The van der Waals surface area contributed by atoms with E-state index in [2.05, 4.69) is 12.2 Å². The van der Waals surface area contributed by atoms with Crippen molar-refractivity contribution in [2.45, 2.75) is 58.5 Å². The van der Waals surface area contributed by atoms with Crippen LogP contribution in [0, 0.1) is 5.92 Å². The zero-order valence-corrected chi connectivity index (χ0v) is 13.5. The number of carbonyl (C=O) groups is 1. The number of nitrogens with one attached hydrogen (secondary N) is 1. The highest BCUT2D eigenvalue weighted by Crippen LogP contribution is 2.24. The maximum absolute atomic E-state index is 12.7. The molecule has 1 aliphatic carbocycles. The number of para-hydroxylation sites is 1. The number of nitrogens with zero attached hydrogens (tertiary/aromatic N) is 1. The number of hydrogen-bond donors (Lipinski definition) is 1. The maximum atomic E-state index is 12.7. The Labute approximate surface area is 128 Å². The molecule has 3 heteroatoms. The van der Waals surface area contributed by atoms with Gasteiger partial charge in [-0.25, -0.2) is 0 Å². The molecule has 0 aliphatic heterocycles. The molecule has 0 aromatic heterocycles. The van der Waals surface area contributed by atoms with E-state index in [0.29, 0.717) is 18.5 Å². The minimum atomic E-state index is -0.129. The molecule has 116 valence electrons. The summed E-state index contributed by atoms with van der Waals surface area (Å²) in [6.07, 6.45) is 5.07. The summed E-state index contributed by atoms with van der Waals surface area (Å²) in [6.45, 7) is 7.02. The van der Waals surface area contributed by atoms with Crippen LogP contribution < -0.4 is 10.2 Å². The third-order valence-electron chi connectivity index (χ3n) is 4.60. The molecule has 1 aromatic carbocycles. The molecule has 1 amide bonds. The van der Waals surface area contributed by atoms with Gasteiger partial charge in [0.25, 0.3) is 0 Å². The first-order chi connectivity index (χ1) is 10.1. The SMILES string of the molecule is CCN(C(=O)C(C)NC1CCCCC1C)c1ccccc1. The number of rotatable bonds is 5. The second-order valence-electron chi connectivity index (χ2n) is 6.17. The molecule has 0 radical (unpaired) electrons. The lowest BCUT2D eigenvalue weighted by molar-refractivity contribution is -0.120. The van der Waals surface area contributed by atoms with Crippen molar-refractivity contribution in [3.05, 3.63) is 30.3 Å². The largest absolute Gasteiger partial charge is 0.311 e. The summed E-state index contributed by atoms with van der Waals surface area (Å²) in [6, 6.07) is 10.3. The number of amides is 1. The highest BCUT2D eigenvalue weighted by molar-refractivity contribution is 5.96. The average molecular weight is 288 g/mol. The van der Waals surface area contributed by atoms with Gasteiger partial charge in [0.1, 0.15) is 0 Å². The van der Waals surface area contributed by atoms with Crippen LogP contribution in [0.25, 0.3) is 0 Å². The Kier molecular flexibility index (Phi) is 5.80. The van der Waals surface area contributed by atoms with Gasteiger partial charge in [-0.2, -0.15) is 0 Å². The van der Waals surface area contributed by atoms with Gasteiger partial charge in [0.15, 0.2) is 0 Å². The Morgan fingerprint density at radius 3 is 2.57 bits per heavy atom. The third-order valence-corrected chi connectivity index (χ3v) is 4.60. The van der Waals surface area contributed by atoms with Crippen LogP contribution in [0.15, 0.2) is 30.3 Å². The molecule has 3 nitrogen and oxygen atoms in total. The smallest absolute Gasteiger partial charge is 0.243 e. The summed E-state index contributed by atoms with van der Waals surface area (Å²) in [7, 11) is 0. The Hall–Kier alpha value is -1.35. The number of hydrogen-bond acceptors (Lipinski definition) is 2. The highest BCUT2D eigenvalue weighted by Gasteiger charge is 2.27. The minimum absolute atomic E-state index is 0.129. The van der Waals surface area contributed by atoms with Gasteiger partial charge in [0.2, 0.25) is 5.91 Å². The predicted molar refractivity (Wildman–Crippen MR) is 88.5 cm³/mol. The fraction of sp³-hybridized carbons (Fsp3) is 0.611. The van der Waals surface area contributed by atoms with Crippen LogP contribution in [-0.2, 0) is 4.79 Å². The van der Waals surface area contributed by atoms with Crippen molar-refractivity contribution in [3.8, 4) is 0 Å². The van der Waals surface area contributed by atoms with Crippen LogP contribution in [0.4, 0.5) is 5.69 Å². The van der Waals surface area contributed by atoms with Crippen molar-refractivity contribution in [1.82, 2.24) is 5.32 Å². The fourth-order valence-corrected chi connectivity index (χ4v) is 3.26. The zero-order valence-electron chi connectivity index (χ0n) is 13.5. The van der Waals surface area contributed by atoms with Crippen molar-refractivity contribution in [2.75, 3.05) is 11.4 Å². The van der Waals surface area contributed by atoms with E-state index in [1.807, 2.05) is 49.1 Å². The lowest BCUT2D eigenvalue weighted by Crippen LogP contribution is -2.50. The van der Waals surface area contributed by atoms with Crippen molar-refractivity contribution in [3.63, 3.8) is 0 Å². The zero-order chi connectivity index (χ0) is 15.2. The molecule has 2 rings (SSSR count). The first kappa shape index (κ1) is 16.0. The van der Waals surface area contributed by atoms with E-state index < -0.39 is 0 Å². The molecule has 1 fully saturated rings. The monoisotopic (exact) mass is 288 g/mol. The Balaban J connectivity index is 2.00. The van der Waals surface area contributed by atoms with E-state index in [1.165, 1.54) is 25.7 Å². The summed E-state index contributed by atoms with van der Waals surface area (Å²) in [5, 5.41) is 3.56. The molecule has 1 saturated carbocycles. The molecular weight excluding hydrogens is 260 g/mol. The number of benzene rings is 1. The minimum Gasteiger partial charge on any atom is -0.311 e. The molecule has 0 bridgehead atoms. The van der Waals surface area contributed by atoms with E-state index in [0.717, 1.165) is 5.69 Å². The standard InChI is InChI=1S/C18H28N2O/c1-4-20(16-11-6-5-7-12-16)18(21)15(3)19-17-13-9-8-10-14(17)2/h5-7,11-12,14-15,17,19H,4,8-10,13H2,1-3H3. The molecule has 0 heterocycles. The predicted octanol–water partition coefficient (Wildman–Crippen LogP) is 3.60. The Morgan fingerprint density at radius 2 is 1.95 bits per heavy atom. The topological polar surface area (TPSA) is 32.3 Å². The quantitative estimate of drug-likeness (QED) is 0.898. The molecule has 21 heavy (non-hydrogen) atoms. The van der Waals surface area contributed by atoms with Gasteiger partial charge in [-0.05, 0) is 44.7 Å². The van der Waals surface area contributed by atoms with Crippen LogP contribution >= 0.6 is 0 Å². The van der Waals surface area contributed by atoms with Crippen LogP contribution in [0.2, 0.25) is 0 Å². The second kappa shape index (κ2) is 7.60. The van der Waals surface area contributed by atoms with E-state index in [-0.39, 0.29) is 11.9 Å². The van der Waals surface area contributed by atoms with Crippen LogP contribution in [0.5, 0.6) is 0 Å². The van der Waals surface area contributed by atoms with E-state index >= 15 is 0 Å².